The molecule has 2 amide bonds. The number of benzene rings is 4. The van der Waals surface area contributed by atoms with Crippen LogP contribution in [-0.4, -0.2) is 50.9 Å². The molecule has 0 aliphatic rings. The molecular weight excluding hydrogens is 657 g/mol. The van der Waals surface area contributed by atoms with Crippen LogP contribution in [0.5, 0.6) is 5.75 Å². The molecule has 11 heteroatoms. The number of nitrogens with one attached hydrogen (secondary N) is 1. The van der Waals surface area contributed by atoms with Gasteiger partial charge >= 0.3 is 0 Å². The van der Waals surface area contributed by atoms with Gasteiger partial charge in [-0.1, -0.05) is 84.2 Å². The molecule has 8 nitrogen and oxygen atoms in total. The summed E-state index contributed by atoms with van der Waals surface area (Å²) in [6, 6.07) is 25.9. The van der Waals surface area contributed by atoms with E-state index in [-0.39, 0.29) is 29.8 Å². The van der Waals surface area contributed by atoms with Crippen molar-refractivity contribution in [2.75, 3.05) is 18.0 Å². The summed E-state index contributed by atoms with van der Waals surface area (Å²) in [5.74, 6) is -0.501. The van der Waals surface area contributed by atoms with Gasteiger partial charge in [0, 0.05) is 34.6 Å². The lowest BCUT2D eigenvalue weighted by Gasteiger charge is -2.34. The predicted molar refractivity (Wildman–Crippen MR) is 188 cm³/mol. The summed E-state index contributed by atoms with van der Waals surface area (Å²) < 4.78 is 34.7. The molecule has 47 heavy (non-hydrogen) atoms. The molecule has 4 aromatic rings. The molecule has 0 radical (unpaired) electrons. The summed E-state index contributed by atoms with van der Waals surface area (Å²) in [6.07, 6.45) is 0.849. The largest absolute Gasteiger partial charge is 0.497 e. The van der Waals surface area contributed by atoms with Crippen molar-refractivity contribution < 1.29 is 22.7 Å². The lowest BCUT2D eigenvalue weighted by atomic mass is 10.0. The Balaban J connectivity index is 1.84. The van der Waals surface area contributed by atoms with E-state index in [1.165, 1.54) is 24.1 Å². The summed E-state index contributed by atoms with van der Waals surface area (Å²) in [6.45, 7) is 4.99. The highest BCUT2D eigenvalue weighted by atomic mass is 35.5. The zero-order valence-corrected chi connectivity index (χ0v) is 29.1. The molecule has 2 atom stereocenters. The third-order valence-electron chi connectivity index (χ3n) is 7.91. The van der Waals surface area contributed by atoms with Crippen LogP contribution in [0.4, 0.5) is 5.69 Å². The number of carbonyl (C=O) groups is 2. The molecule has 0 aromatic heterocycles. The van der Waals surface area contributed by atoms with E-state index in [0.29, 0.717) is 33.5 Å². The van der Waals surface area contributed by atoms with Crippen LogP contribution in [0, 0.1) is 6.92 Å². The van der Waals surface area contributed by atoms with Crippen LogP contribution in [-0.2, 0) is 32.6 Å². The molecule has 1 N–H and O–H groups in total. The van der Waals surface area contributed by atoms with E-state index in [9.17, 15) is 18.0 Å². The van der Waals surface area contributed by atoms with Crippen LogP contribution in [0.3, 0.4) is 0 Å². The second-order valence-corrected chi connectivity index (χ2v) is 13.9. The van der Waals surface area contributed by atoms with E-state index < -0.39 is 28.5 Å². The molecule has 0 aliphatic carbocycles. The first-order valence-corrected chi connectivity index (χ1v) is 17.4. The predicted octanol–water partition coefficient (Wildman–Crippen LogP) is 7.06. The van der Waals surface area contributed by atoms with Gasteiger partial charge in [-0.2, -0.15) is 0 Å². The Kier molecular flexibility index (Phi) is 12.3. The first-order chi connectivity index (χ1) is 22.4. The first-order valence-electron chi connectivity index (χ1n) is 15.2. The Morgan fingerprint density at radius 2 is 1.49 bits per heavy atom. The van der Waals surface area contributed by atoms with E-state index >= 15 is 0 Å². The van der Waals surface area contributed by atoms with Gasteiger partial charge in [-0.3, -0.25) is 13.9 Å². The smallest absolute Gasteiger partial charge is 0.264 e. The summed E-state index contributed by atoms with van der Waals surface area (Å²) in [5.41, 5.74) is 2.47. The van der Waals surface area contributed by atoms with Crippen LogP contribution >= 0.6 is 23.2 Å². The zero-order valence-electron chi connectivity index (χ0n) is 26.8. The van der Waals surface area contributed by atoms with Crippen LogP contribution in [0.15, 0.2) is 102 Å². The van der Waals surface area contributed by atoms with Crippen molar-refractivity contribution in [1.82, 2.24) is 10.2 Å². The van der Waals surface area contributed by atoms with Crippen LogP contribution in [0.2, 0.25) is 10.0 Å². The topological polar surface area (TPSA) is 96.0 Å². The highest BCUT2D eigenvalue weighted by molar-refractivity contribution is 7.92. The molecule has 4 aromatic carbocycles. The maximum atomic E-state index is 14.6. The molecule has 0 bridgehead atoms. The monoisotopic (exact) mass is 695 g/mol. The molecular formula is C36H39Cl2N3O5S. The number of halogens is 2. The van der Waals surface area contributed by atoms with Crippen LogP contribution in [0.25, 0.3) is 0 Å². The van der Waals surface area contributed by atoms with Gasteiger partial charge in [0.25, 0.3) is 10.0 Å². The Hall–Kier alpha value is -4.05. The number of hydrogen-bond donors (Lipinski definition) is 1. The number of amides is 2. The minimum atomic E-state index is -4.26. The summed E-state index contributed by atoms with van der Waals surface area (Å²) in [4.78, 5) is 30.0. The number of anilines is 1. The van der Waals surface area contributed by atoms with E-state index in [2.05, 4.69) is 5.32 Å². The highest BCUT2D eigenvalue weighted by Gasteiger charge is 2.35. The Morgan fingerprint density at radius 1 is 0.872 bits per heavy atom. The van der Waals surface area contributed by atoms with Crippen molar-refractivity contribution in [1.29, 1.82) is 0 Å². The minimum Gasteiger partial charge on any atom is -0.497 e. The van der Waals surface area contributed by atoms with Gasteiger partial charge in [-0.25, -0.2) is 8.42 Å². The fourth-order valence-electron chi connectivity index (χ4n) is 4.96. The first kappa shape index (κ1) is 35.8. The minimum absolute atomic E-state index is 0.0253. The number of carbonyl (C=O) groups excluding carboxylic acids is 2. The normalized spacial score (nSPS) is 12.6. The highest BCUT2D eigenvalue weighted by Crippen LogP contribution is 2.29. The zero-order chi connectivity index (χ0) is 34.1. The van der Waals surface area contributed by atoms with E-state index in [1.807, 2.05) is 51.1 Å². The third-order valence-corrected chi connectivity index (χ3v) is 10.4. The number of sulfonamides is 1. The van der Waals surface area contributed by atoms with Gasteiger partial charge in [0.15, 0.2) is 0 Å². The average Bonchev–Trinajstić information content (AvgIpc) is 3.07. The molecule has 0 aliphatic heterocycles. The van der Waals surface area contributed by atoms with Crippen molar-refractivity contribution in [3.05, 3.63) is 124 Å². The van der Waals surface area contributed by atoms with E-state index in [4.69, 9.17) is 27.9 Å². The summed E-state index contributed by atoms with van der Waals surface area (Å²) in [7, 11) is -2.77. The van der Waals surface area contributed by atoms with Crippen molar-refractivity contribution in [2.45, 2.75) is 57.1 Å². The molecule has 0 spiro atoms. The standard InChI is InChI=1S/C36H39Cl2N3O5S/c1-5-26(3)39-36(43)34(22-27-10-7-6-8-11-27)40(23-31-32(37)12-9-13-33(31)38)35(42)24-41(28-16-14-25(2)15-17-28)47(44,45)30-20-18-29(46-4)19-21-30/h6-21,26,34H,5,22-24H2,1-4H3,(H,39,43)/t26-,34+/m1/s1. The summed E-state index contributed by atoms with van der Waals surface area (Å²) >= 11 is 13.2. The van der Waals surface area contributed by atoms with Gasteiger partial charge < -0.3 is 15.0 Å². The molecule has 0 saturated carbocycles. The SMILES string of the molecule is CC[C@@H](C)NC(=O)[C@H](Cc1ccccc1)N(Cc1c(Cl)cccc1Cl)C(=O)CN(c1ccc(C)cc1)S(=O)(=O)c1ccc(OC)cc1. The Morgan fingerprint density at radius 3 is 2.06 bits per heavy atom. The molecule has 4 rings (SSSR count). The molecule has 0 heterocycles. The molecule has 0 unspecified atom stereocenters. The number of methoxy groups -OCH3 is 1. The van der Waals surface area contributed by atoms with Crippen molar-refractivity contribution >= 4 is 50.7 Å². The van der Waals surface area contributed by atoms with Gasteiger partial charge in [-0.15, -0.1) is 0 Å². The van der Waals surface area contributed by atoms with Crippen LogP contribution < -0.4 is 14.4 Å². The lowest BCUT2D eigenvalue weighted by Crippen LogP contribution is -2.54. The average molecular weight is 697 g/mol. The fourth-order valence-corrected chi connectivity index (χ4v) is 6.89. The van der Waals surface area contributed by atoms with Gasteiger partial charge in [-0.05, 0) is 74.4 Å². The Labute approximate surface area is 287 Å². The maximum absolute atomic E-state index is 14.6. The Bertz CT molecular complexity index is 1750. The molecule has 0 fully saturated rings. The lowest BCUT2D eigenvalue weighted by molar-refractivity contribution is -0.140. The number of nitrogens with zero attached hydrogens (tertiary/aromatic N) is 2. The second kappa shape index (κ2) is 16.2. The number of hydrogen-bond acceptors (Lipinski definition) is 5. The van der Waals surface area contributed by atoms with Crippen molar-refractivity contribution in [3.8, 4) is 5.75 Å². The second-order valence-electron chi connectivity index (χ2n) is 11.3. The van der Waals surface area contributed by atoms with E-state index in [0.717, 1.165) is 15.4 Å². The van der Waals surface area contributed by atoms with Gasteiger partial charge in [0.1, 0.15) is 18.3 Å². The fraction of sp³-hybridized carbons (Fsp3) is 0.278. The molecule has 0 saturated heterocycles. The van der Waals surface area contributed by atoms with Crippen molar-refractivity contribution in [2.24, 2.45) is 0 Å². The third kappa shape index (κ3) is 9.06. The molecule has 248 valence electrons. The van der Waals surface area contributed by atoms with E-state index in [1.54, 1.807) is 54.6 Å². The number of aryl methyl sites for hydroxylation is 1. The number of rotatable bonds is 14. The maximum Gasteiger partial charge on any atom is 0.264 e. The van der Waals surface area contributed by atoms with Crippen molar-refractivity contribution in [3.63, 3.8) is 0 Å². The van der Waals surface area contributed by atoms with Crippen LogP contribution in [0.1, 0.15) is 37.0 Å². The summed E-state index contributed by atoms with van der Waals surface area (Å²) in [5, 5.41) is 3.65. The van der Waals surface area contributed by atoms with Gasteiger partial charge in [0.05, 0.1) is 17.7 Å². The van der Waals surface area contributed by atoms with Gasteiger partial charge in [0.2, 0.25) is 11.8 Å². The number of ether oxygens (including phenoxy) is 1. The quantitative estimate of drug-likeness (QED) is 0.152.